The summed E-state index contributed by atoms with van der Waals surface area (Å²) in [5, 5.41) is 0. The van der Waals surface area contributed by atoms with Crippen molar-refractivity contribution in [3.63, 3.8) is 0 Å². The molecule has 6 nitrogen and oxygen atoms in total. The van der Waals surface area contributed by atoms with Crippen molar-refractivity contribution in [2.45, 2.75) is 6.92 Å². The van der Waals surface area contributed by atoms with Crippen molar-refractivity contribution in [3.8, 4) is 17.1 Å². The molecular formula is C16H15N3O3. The second-order valence-electron chi connectivity index (χ2n) is 4.60. The summed E-state index contributed by atoms with van der Waals surface area (Å²) in [5.74, 6) is 0.927. The lowest BCUT2D eigenvalue weighted by molar-refractivity contribution is -0.145. The van der Waals surface area contributed by atoms with E-state index in [0.717, 1.165) is 22.4 Å². The first-order valence-corrected chi connectivity index (χ1v) is 6.95. The standard InChI is InChI=1S/C16H15N3O3/c1-2-21-15(20)10-22-12-5-3-4-11(8-12)16-18-13-6-7-17-9-14(13)19-16/h3-9H,2,10H2,1H3,(H,18,19). The number of esters is 1. The number of imidazole rings is 1. The van der Waals surface area contributed by atoms with Gasteiger partial charge in [-0.05, 0) is 25.1 Å². The van der Waals surface area contributed by atoms with E-state index in [1.165, 1.54) is 0 Å². The Balaban J connectivity index is 1.80. The molecule has 0 amide bonds. The minimum absolute atomic E-state index is 0.110. The van der Waals surface area contributed by atoms with Crippen LogP contribution in [0.3, 0.4) is 0 Å². The molecule has 6 heteroatoms. The molecule has 0 bridgehead atoms. The highest BCUT2D eigenvalue weighted by molar-refractivity contribution is 5.78. The van der Waals surface area contributed by atoms with Crippen LogP contribution in [0.4, 0.5) is 0 Å². The molecule has 0 aliphatic heterocycles. The molecule has 112 valence electrons. The second-order valence-corrected chi connectivity index (χ2v) is 4.60. The number of ether oxygens (including phenoxy) is 2. The Morgan fingerprint density at radius 3 is 3.05 bits per heavy atom. The number of nitrogens with zero attached hydrogens (tertiary/aromatic N) is 2. The molecule has 0 aliphatic carbocycles. The SMILES string of the molecule is CCOC(=O)COc1cccc(-c2nc3cnccc3[nH]2)c1. The van der Waals surface area contributed by atoms with Crippen molar-refractivity contribution in [1.82, 2.24) is 15.0 Å². The van der Waals surface area contributed by atoms with Crippen LogP contribution in [0.5, 0.6) is 5.75 Å². The number of nitrogens with one attached hydrogen (secondary N) is 1. The van der Waals surface area contributed by atoms with E-state index in [1.54, 1.807) is 25.4 Å². The first kappa shape index (κ1) is 14.1. The van der Waals surface area contributed by atoms with Gasteiger partial charge in [0.2, 0.25) is 0 Å². The number of hydrogen-bond donors (Lipinski definition) is 1. The van der Waals surface area contributed by atoms with Crippen LogP contribution in [0.2, 0.25) is 0 Å². The molecule has 1 aromatic carbocycles. The molecular weight excluding hydrogens is 282 g/mol. The molecule has 0 atom stereocenters. The highest BCUT2D eigenvalue weighted by atomic mass is 16.6. The predicted octanol–water partition coefficient (Wildman–Crippen LogP) is 2.57. The molecule has 0 saturated heterocycles. The topological polar surface area (TPSA) is 77.1 Å². The van der Waals surface area contributed by atoms with Crippen molar-refractivity contribution in [1.29, 1.82) is 0 Å². The van der Waals surface area contributed by atoms with Gasteiger partial charge in [-0.2, -0.15) is 0 Å². The molecule has 3 aromatic rings. The highest BCUT2D eigenvalue weighted by Crippen LogP contribution is 2.23. The number of H-pyrrole nitrogens is 1. The van der Waals surface area contributed by atoms with Gasteiger partial charge in [-0.1, -0.05) is 12.1 Å². The van der Waals surface area contributed by atoms with E-state index in [-0.39, 0.29) is 12.6 Å². The quantitative estimate of drug-likeness (QED) is 0.732. The van der Waals surface area contributed by atoms with E-state index in [4.69, 9.17) is 9.47 Å². The van der Waals surface area contributed by atoms with Gasteiger partial charge in [0.25, 0.3) is 0 Å². The van der Waals surface area contributed by atoms with Gasteiger partial charge < -0.3 is 14.5 Å². The summed E-state index contributed by atoms with van der Waals surface area (Å²) in [6.07, 6.45) is 3.42. The summed E-state index contributed by atoms with van der Waals surface area (Å²) < 4.78 is 10.3. The monoisotopic (exact) mass is 297 g/mol. The molecule has 0 unspecified atom stereocenters. The number of aromatic amines is 1. The van der Waals surface area contributed by atoms with Crippen molar-refractivity contribution in [3.05, 3.63) is 42.7 Å². The minimum Gasteiger partial charge on any atom is -0.482 e. The molecule has 0 spiro atoms. The molecule has 0 aliphatic rings. The van der Waals surface area contributed by atoms with Crippen LogP contribution in [0, 0.1) is 0 Å². The number of rotatable bonds is 5. The minimum atomic E-state index is -0.386. The lowest BCUT2D eigenvalue weighted by atomic mass is 10.2. The summed E-state index contributed by atoms with van der Waals surface area (Å²) in [4.78, 5) is 23.1. The molecule has 3 rings (SSSR count). The maximum absolute atomic E-state index is 11.3. The Morgan fingerprint density at radius 1 is 1.32 bits per heavy atom. The number of carbonyl (C=O) groups is 1. The normalized spacial score (nSPS) is 10.6. The van der Waals surface area contributed by atoms with Gasteiger partial charge in [-0.15, -0.1) is 0 Å². The van der Waals surface area contributed by atoms with Crippen LogP contribution >= 0.6 is 0 Å². The molecule has 2 heterocycles. The summed E-state index contributed by atoms with van der Waals surface area (Å²) in [5.41, 5.74) is 2.59. The summed E-state index contributed by atoms with van der Waals surface area (Å²) >= 11 is 0. The first-order valence-electron chi connectivity index (χ1n) is 6.95. The Bertz CT molecular complexity index is 765. The molecule has 2 aromatic heterocycles. The highest BCUT2D eigenvalue weighted by Gasteiger charge is 2.07. The van der Waals surface area contributed by atoms with E-state index in [9.17, 15) is 4.79 Å². The number of hydrogen-bond acceptors (Lipinski definition) is 5. The Hall–Kier alpha value is -2.89. The van der Waals surface area contributed by atoms with Crippen LogP contribution < -0.4 is 4.74 Å². The fraction of sp³-hybridized carbons (Fsp3) is 0.188. The van der Waals surface area contributed by atoms with Gasteiger partial charge in [0, 0.05) is 11.8 Å². The average Bonchev–Trinajstić information content (AvgIpc) is 2.98. The van der Waals surface area contributed by atoms with E-state index < -0.39 is 0 Å². The van der Waals surface area contributed by atoms with Gasteiger partial charge in [0.15, 0.2) is 6.61 Å². The van der Waals surface area contributed by atoms with Gasteiger partial charge >= 0.3 is 5.97 Å². The zero-order valence-corrected chi connectivity index (χ0v) is 12.1. The van der Waals surface area contributed by atoms with Crippen molar-refractivity contribution >= 4 is 17.0 Å². The van der Waals surface area contributed by atoms with E-state index >= 15 is 0 Å². The first-order chi connectivity index (χ1) is 10.8. The van der Waals surface area contributed by atoms with Crippen LogP contribution in [0.1, 0.15) is 6.92 Å². The average molecular weight is 297 g/mol. The van der Waals surface area contributed by atoms with Crippen LogP contribution in [0.25, 0.3) is 22.4 Å². The number of pyridine rings is 1. The molecule has 0 saturated carbocycles. The summed E-state index contributed by atoms with van der Waals surface area (Å²) in [6, 6.07) is 9.24. The second kappa shape index (κ2) is 6.26. The fourth-order valence-corrected chi connectivity index (χ4v) is 2.07. The third kappa shape index (κ3) is 3.06. The Kier molecular flexibility index (Phi) is 4.00. The van der Waals surface area contributed by atoms with Crippen molar-refractivity contribution in [2.24, 2.45) is 0 Å². The zero-order valence-electron chi connectivity index (χ0n) is 12.1. The largest absolute Gasteiger partial charge is 0.482 e. The van der Waals surface area contributed by atoms with E-state index in [2.05, 4.69) is 15.0 Å². The number of benzene rings is 1. The van der Waals surface area contributed by atoms with Crippen LogP contribution in [0.15, 0.2) is 42.7 Å². The number of carbonyl (C=O) groups excluding carboxylic acids is 1. The third-order valence-corrected chi connectivity index (χ3v) is 3.05. The predicted molar refractivity (Wildman–Crippen MR) is 81.5 cm³/mol. The van der Waals surface area contributed by atoms with E-state index in [0.29, 0.717) is 12.4 Å². The van der Waals surface area contributed by atoms with Gasteiger partial charge in [0.1, 0.15) is 17.1 Å². The summed E-state index contributed by atoms with van der Waals surface area (Å²) in [6.45, 7) is 1.99. The molecule has 0 fully saturated rings. The summed E-state index contributed by atoms with van der Waals surface area (Å²) in [7, 11) is 0. The molecule has 1 N–H and O–H groups in total. The van der Waals surface area contributed by atoms with Gasteiger partial charge in [-0.25, -0.2) is 9.78 Å². The van der Waals surface area contributed by atoms with Crippen molar-refractivity contribution < 1.29 is 14.3 Å². The Labute approximate surface area is 127 Å². The molecule has 0 radical (unpaired) electrons. The number of aromatic nitrogens is 3. The van der Waals surface area contributed by atoms with Crippen LogP contribution in [-0.2, 0) is 9.53 Å². The smallest absolute Gasteiger partial charge is 0.344 e. The Morgan fingerprint density at radius 2 is 2.23 bits per heavy atom. The van der Waals surface area contributed by atoms with E-state index in [1.807, 2.05) is 24.3 Å². The number of fused-ring (bicyclic) bond motifs is 1. The zero-order chi connectivity index (χ0) is 15.4. The van der Waals surface area contributed by atoms with Crippen LogP contribution in [-0.4, -0.2) is 34.1 Å². The molecule has 22 heavy (non-hydrogen) atoms. The van der Waals surface area contributed by atoms with Crippen molar-refractivity contribution in [2.75, 3.05) is 13.2 Å². The maximum Gasteiger partial charge on any atom is 0.344 e. The fourth-order valence-electron chi connectivity index (χ4n) is 2.07. The maximum atomic E-state index is 11.3. The van der Waals surface area contributed by atoms with Gasteiger partial charge in [-0.3, -0.25) is 4.98 Å². The lowest BCUT2D eigenvalue weighted by Gasteiger charge is -2.06. The lowest BCUT2D eigenvalue weighted by Crippen LogP contribution is -2.14. The third-order valence-electron chi connectivity index (χ3n) is 3.05. The van der Waals surface area contributed by atoms with Gasteiger partial charge in [0.05, 0.1) is 18.3 Å².